The molecule has 2 atom stereocenters. The van der Waals surface area contributed by atoms with E-state index in [0.29, 0.717) is 13.1 Å². The van der Waals surface area contributed by atoms with Gasteiger partial charge in [-0.3, -0.25) is 9.59 Å². The standard InChI is InChI=1S/C17H24N2O2S2/c1-3-9-19-13-6-5-12(16(19)20)10-18(11-13)17(21)14-7-8-15(23-14)22-4-2/h7-8,12-13H,3-6,9-11H2,1-2H3/t12-,13+/m0/s1. The number of rotatable bonds is 5. The minimum atomic E-state index is -0.00583. The molecule has 0 N–H and O–H groups in total. The second kappa shape index (κ2) is 7.26. The van der Waals surface area contributed by atoms with Crippen molar-refractivity contribution in [2.45, 2.75) is 43.4 Å². The number of thiophene rings is 1. The van der Waals surface area contributed by atoms with Gasteiger partial charge in [-0.05, 0) is 37.1 Å². The van der Waals surface area contributed by atoms with Crippen LogP contribution in [-0.2, 0) is 4.79 Å². The number of amides is 2. The number of carbonyl (C=O) groups excluding carboxylic acids is 2. The van der Waals surface area contributed by atoms with Gasteiger partial charge in [-0.1, -0.05) is 13.8 Å². The van der Waals surface area contributed by atoms with Crippen molar-refractivity contribution in [3.8, 4) is 0 Å². The Morgan fingerprint density at radius 2 is 2.13 bits per heavy atom. The van der Waals surface area contributed by atoms with Crippen LogP contribution in [0.2, 0.25) is 0 Å². The van der Waals surface area contributed by atoms with Crippen LogP contribution in [-0.4, -0.2) is 53.0 Å². The maximum absolute atomic E-state index is 12.9. The first-order valence-corrected chi connectivity index (χ1v) is 10.3. The molecule has 3 saturated heterocycles. The molecule has 23 heavy (non-hydrogen) atoms. The molecule has 0 radical (unpaired) electrons. The van der Waals surface area contributed by atoms with Crippen LogP contribution in [0.1, 0.15) is 42.8 Å². The lowest BCUT2D eigenvalue weighted by atomic mass is 9.94. The first-order valence-electron chi connectivity index (χ1n) is 8.46. The van der Waals surface area contributed by atoms with Gasteiger partial charge in [0.05, 0.1) is 15.0 Å². The first-order chi connectivity index (χ1) is 11.1. The van der Waals surface area contributed by atoms with E-state index in [1.54, 1.807) is 23.1 Å². The minimum Gasteiger partial charge on any atom is -0.338 e. The molecule has 4 heterocycles. The van der Waals surface area contributed by atoms with Gasteiger partial charge in [0.2, 0.25) is 5.91 Å². The normalized spacial score (nSPS) is 24.2. The first kappa shape index (κ1) is 16.8. The van der Waals surface area contributed by atoms with Crippen molar-refractivity contribution in [3.05, 3.63) is 17.0 Å². The SMILES string of the molecule is CCCN1C(=O)[C@H]2CC[C@@H]1CN(C(=O)c1ccc(SCC)s1)C2. The van der Waals surface area contributed by atoms with E-state index in [2.05, 4.69) is 13.8 Å². The van der Waals surface area contributed by atoms with Gasteiger partial charge < -0.3 is 9.80 Å². The number of thioether (sulfide) groups is 1. The van der Waals surface area contributed by atoms with Crippen LogP contribution < -0.4 is 0 Å². The van der Waals surface area contributed by atoms with Crippen LogP contribution in [0.4, 0.5) is 0 Å². The molecule has 0 saturated carbocycles. The van der Waals surface area contributed by atoms with Crippen molar-refractivity contribution in [2.24, 2.45) is 5.92 Å². The van der Waals surface area contributed by atoms with E-state index >= 15 is 0 Å². The number of hydrogen-bond donors (Lipinski definition) is 0. The lowest BCUT2D eigenvalue weighted by Gasteiger charge is -2.35. The van der Waals surface area contributed by atoms with E-state index in [-0.39, 0.29) is 23.8 Å². The summed E-state index contributed by atoms with van der Waals surface area (Å²) < 4.78 is 1.19. The molecule has 3 fully saturated rings. The van der Waals surface area contributed by atoms with Crippen LogP contribution in [0, 0.1) is 5.92 Å². The Hall–Kier alpha value is -1.01. The highest BCUT2D eigenvalue weighted by atomic mass is 32.2. The quantitative estimate of drug-likeness (QED) is 0.763. The summed E-state index contributed by atoms with van der Waals surface area (Å²) in [6, 6.07) is 4.17. The third kappa shape index (κ3) is 3.43. The fraction of sp³-hybridized carbons (Fsp3) is 0.647. The highest BCUT2D eigenvalue weighted by Crippen LogP contribution is 2.32. The molecule has 2 bridgehead atoms. The average molecular weight is 353 g/mol. The Kier molecular flexibility index (Phi) is 5.31. The van der Waals surface area contributed by atoms with Crippen molar-refractivity contribution < 1.29 is 9.59 Å². The van der Waals surface area contributed by atoms with E-state index in [1.165, 1.54) is 4.21 Å². The zero-order chi connectivity index (χ0) is 16.4. The summed E-state index contributed by atoms with van der Waals surface area (Å²) in [5, 5.41) is 0. The summed E-state index contributed by atoms with van der Waals surface area (Å²) in [4.78, 5) is 30.2. The van der Waals surface area contributed by atoms with E-state index in [0.717, 1.165) is 36.4 Å². The maximum Gasteiger partial charge on any atom is 0.264 e. The lowest BCUT2D eigenvalue weighted by Crippen LogP contribution is -2.48. The third-order valence-corrected chi connectivity index (χ3v) is 6.80. The van der Waals surface area contributed by atoms with Crippen LogP contribution >= 0.6 is 23.1 Å². The summed E-state index contributed by atoms with van der Waals surface area (Å²) in [7, 11) is 0. The molecule has 0 unspecified atom stereocenters. The molecule has 6 heteroatoms. The van der Waals surface area contributed by atoms with E-state index < -0.39 is 0 Å². The van der Waals surface area contributed by atoms with Crippen molar-refractivity contribution in [2.75, 3.05) is 25.4 Å². The van der Waals surface area contributed by atoms with Gasteiger partial charge in [-0.2, -0.15) is 0 Å². The number of hydrogen-bond acceptors (Lipinski definition) is 4. The summed E-state index contributed by atoms with van der Waals surface area (Å²) >= 11 is 3.34. The molecule has 126 valence electrons. The van der Waals surface area contributed by atoms with E-state index in [4.69, 9.17) is 0 Å². The molecule has 0 aromatic carbocycles. The molecule has 1 aromatic rings. The average Bonchev–Trinajstić information content (AvgIpc) is 2.84. The molecule has 2 amide bonds. The third-order valence-electron chi connectivity index (χ3n) is 4.62. The Balaban J connectivity index is 1.76. The van der Waals surface area contributed by atoms with Gasteiger partial charge in [0.25, 0.3) is 5.91 Å². The minimum absolute atomic E-state index is 0.00583. The zero-order valence-corrected chi connectivity index (χ0v) is 15.4. The topological polar surface area (TPSA) is 40.6 Å². The monoisotopic (exact) mass is 352 g/mol. The molecule has 0 spiro atoms. The van der Waals surface area contributed by atoms with Crippen molar-refractivity contribution in [1.29, 1.82) is 0 Å². The molecular formula is C17H24N2O2S2. The highest BCUT2D eigenvalue weighted by molar-refractivity contribution is 8.01. The van der Waals surface area contributed by atoms with Crippen LogP contribution in [0.15, 0.2) is 16.3 Å². The van der Waals surface area contributed by atoms with E-state index in [1.807, 2.05) is 21.9 Å². The number of carbonyl (C=O) groups is 2. The second-order valence-electron chi connectivity index (χ2n) is 6.22. The summed E-state index contributed by atoms with van der Waals surface area (Å²) in [5.74, 6) is 1.36. The van der Waals surface area contributed by atoms with Crippen LogP contribution in [0.3, 0.4) is 0 Å². The smallest absolute Gasteiger partial charge is 0.264 e. The Morgan fingerprint density at radius 1 is 1.30 bits per heavy atom. The molecular weight excluding hydrogens is 328 g/mol. The Morgan fingerprint density at radius 3 is 2.87 bits per heavy atom. The van der Waals surface area contributed by atoms with Crippen LogP contribution in [0.5, 0.6) is 0 Å². The molecule has 1 aromatic heterocycles. The lowest BCUT2D eigenvalue weighted by molar-refractivity contribution is -0.139. The van der Waals surface area contributed by atoms with Gasteiger partial charge in [0.1, 0.15) is 0 Å². The highest BCUT2D eigenvalue weighted by Gasteiger charge is 2.41. The maximum atomic E-state index is 12.9. The fourth-order valence-corrected chi connectivity index (χ4v) is 5.56. The number of piperidine rings is 1. The predicted octanol–water partition coefficient (Wildman–Crippen LogP) is 3.33. The number of nitrogens with zero attached hydrogens (tertiary/aromatic N) is 2. The van der Waals surface area contributed by atoms with Crippen molar-refractivity contribution in [3.63, 3.8) is 0 Å². The van der Waals surface area contributed by atoms with Gasteiger partial charge >= 0.3 is 0 Å². The Labute approximate surface area is 146 Å². The largest absolute Gasteiger partial charge is 0.338 e. The van der Waals surface area contributed by atoms with Gasteiger partial charge in [0.15, 0.2) is 0 Å². The molecule has 0 aliphatic carbocycles. The van der Waals surface area contributed by atoms with Crippen molar-refractivity contribution >= 4 is 34.9 Å². The number of fused-ring (bicyclic) bond motifs is 4. The predicted molar refractivity (Wildman–Crippen MR) is 95.1 cm³/mol. The molecule has 3 aliphatic heterocycles. The summed E-state index contributed by atoms with van der Waals surface area (Å²) in [5.41, 5.74) is 0. The molecule has 4 rings (SSSR count). The summed E-state index contributed by atoms with van der Waals surface area (Å²) in [6.45, 7) is 6.32. The molecule has 3 aliphatic rings. The fourth-order valence-electron chi connectivity index (χ4n) is 3.55. The van der Waals surface area contributed by atoms with Gasteiger partial charge in [-0.25, -0.2) is 0 Å². The second-order valence-corrected chi connectivity index (χ2v) is 8.87. The van der Waals surface area contributed by atoms with Gasteiger partial charge in [-0.15, -0.1) is 23.1 Å². The molecule has 4 nitrogen and oxygen atoms in total. The van der Waals surface area contributed by atoms with Crippen molar-refractivity contribution in [1.82, 2.24) is 9.80 Å². The van der Waals surface area contributed by atoms with Crippen LogP contribution in [0.25, 0.3) is 0 Å². The van der Waals surface area contributed by atoms with E-state index in [9.17, 15) is 9.59 Å². The Bertz CT molecular complexity index is 587. The van der Waals surface area contributed by atoms with Gasteiger partial charge in [0, 0.05) is 25.7 Å². The zero-order valence-electron chi connectivity index (χ0n) is 13.8. The summed E-state index contributed by atoms with van der Waals surface area (Å²) in [6.07, 6.45) is 2.93.